The fourth-order valence-corrected chi connectivity index (χ4v) is 8.60. The number of nitrogens with zero attached hydrogens (tertiary/aromatic N) is 2. The number of piperidine rings is 1. The summed E-state index contributed by atoms with van der Waals surface area (Å²) in [6.07, 6.45) is 4.00. The number of likely N-dealkylation sites (tertiary alicyclic amines) is 1. The Kier molecular flexibility index (Phi) is 4.41. The Labute approximate surface area is 223 Å². The van der Waals surface area contributed by atoms with Crippen molar-refractivity contribution in [3.63, 3.8) is 0 Å². The first-order valence-electron chi connectivity index (χ1n) is 13.1. The van der Waals surface area contributed by atoms with Crippen molar-refractivity contribution in [2.24, 2.45) is 5.92 Å². The monoisotopic (exact) mass is 540 g/mol. The van der Waals surface area contributed by atoms with E-state index in [9.17, 15) is 19.8 Å². The number of amides is 2. The molecule has 8 rings (SSSR count). The van der Waals surface area contributed by atoms with E-state index in [-0.39, 0.29) is 33.0 Å². The standard InChI is InChI=1S/C28H26Cl2N2O5/c29-17-10-15-16(11-18(17)30)26(35)32(25(15)34)19-5-6-28(36)21-9-14-3-4-20(33)23-22(14)27(28,24(19)37-23)7-8-31(21)12-13-1-2-13/h3-4,10-11,13,19,21,24,33,36H,1-2,5-9,12H2/t19-,21-,24-,27+,28-/m1/s1. The van der Waals surface area contributed by atoms with Crippen LogP contribution in [0.15, 0.2) is 24.3 Å². The van der Waals surface area contributed by atoms with Crippen molar-refractivity contribution in [1.82, 2.24) is 9.80 Å². The van der Waals surface area contributed by atoms with E-state index in [1.165, 1.54) is 29.9 Å². The molecule has 0 unspecified atom stereocenters. The van der Waals surface area contributed by atoms with Crippen molar-refractivity contribution in [2.75, 3.05) is 13.1 Å². The third-order valence-electron chi connectivity index (χ3n) is 10.0. The number of halogens is 2. The Morgan fingerprint density at radius 3 is 2.41 bits per heavy atom. The predicted molar refractivity (Wildman–Crippen MR) is 136 cm³/mol. The van der Waals surface area contributed by atoms with Gasteiger partial charge in [-0.3, -0.25) is 19.4 Å². The third kappa shape index (κ3) is 2.66. The summed E-state index contributed by atoms with van der Waals surface area (Å²) < 4.78 is 6.54. The van der Waals surface area contributed by atoms with Crippen LogP contribution in [-0.4, -0.2) is 68.7 Å². The topological polar surface area (TPSA) is 90.3 Å². The number of phenolic OH excluding ortho intramolecular Hbond substituents is 1. The minimum absolute atomic E-state index is 0.0309. The first kappa shape index (κ1) is 22.6. The Morgan fingerprint density at radius 2 is 1.73 bits per heavy atom. The van der Waals surface area contributed by atoms with Gasteiger partial charge in [0.25, 0.3) is 11.8 Å². The van der Waals surface area contributed by atoms with E-state index >= 15 is 0 Å². The summed E-state index contributed by atoms with van der Waals surface area (Å²) in [5.74, 6) is 0.271. The average molecular weight is 541 g/mol. The summed E-state index contributed by atoms with van der Waals surface area (Å²) >= 11 is 12.4. The van der Waals surface area contributed by atoms with Crippen molar-refractivity contribution in [1.29, 1.82) is 0 Å². The van der Waals surface area contributed by atoms with Gasteiger partial charge in [0.2, 0.25) is 0 Å². The summed E-state index contributed by atoms with van der Waals surface area (Å²) in [6.45, 7) is 1.79. The Morgan fingerprint density at radius 1 is 1.03 bits per heavy atom. The number of carbonyl (C=O) groups excluding carboxylic acids is 2. The number of ether oxygens (including phenoxy) is 1. The molecule has 3 heterocycles. The van der Waals surface area contributed by atoms with Gasteiger partial charge in [-0.15, -0.1) is 0 Å². The zero-order valence-corrected chi connectivity index (χ0v) is 21.6. The minimum atomic E-state index is -1.08. The molecule has 2 bridgehead atoms. The molecule has 3 aliphatic carbocycles. The van der Waals surface area contributed by atoms with E-state index in [2.05, 4.69) is 4.90 Å². The first-order chi connectivity index (χ1) is 17.7. The van der Waals surface area contributed by atoms with Gasteiger partial charge in [0.1, 0.15) is 6.10 Å². The van der Waals surface area contributed by atoms with E-state index in [0.29, 0.717) is 37.4 Å². The van der Waals surface area contributed by atoms with Crippen molar-refractivity contribution < 1.29 is 24.5 Å². The molecule has 192 valence electrons. The Balaban J connectivity index is 1.26. The second-order valence-corrected chi connectivity index (χ2v) is 12.5. The van der Waals surface area contributed by atoms with Gasteiger partial charge in [-0.25, -0.2) is 0 Å². The smallest absolute Gasteiger partial charge is 0.261 e. The Hall–Kier alpha value is -2.32. The maximum absolute atomic E-state index is 13.6. The van der Waals surface area contributed by atoms with E-state index < -0.39 is 35.0 Å². The molecule has 9 heteroatoms. The molecule has 3 aliphatic heterocycles. The van der Waals surface area contributed by atoms with Gasteiger partial charge in [-0.1, -0.05) is 29.3 Å². The van der Waals surface area contributed by atoms with E-state index in [1.54, 1.807) is 6.07 Å². The normalized spacial score (nSPS) is 35.4. The van der Waals surface area contributed by atoms with Crippen LogP contribution in [0, 0.1) is 5.92 Å². The molecule has 2 amide bonds. The highest BCUT2D eigenvalue weighted by molar-refractivity contribution is 6.43. The minimum Gasteiger partial charge on any atom is -0.504 e. The second-order valence-electron chi connectivity index (χ2n) is 11.7. The van der Waals surface area contributed by atoms with Crippen LogP contribution >= 0.6 is 23.2 Å². The molecule has 2 aromatic carbocycles. The van der Waals surface area contributed by atoms with Gasteiger partial charge in [0.05, 0.1) is 38.2 Å². The number of fused-ring (bicyclic) bond motifs is 1. The lowest BCUT2D eigenvalue weighted by molar-refractivity contribution is -0.196. The van der Waals surface area contributed by atoms with Crippen LogP contribution in [0.1, 0.15) is 63.9 Å². The SMILES string of the molecule is O=C1c2cc(Cl)c(Cl)cc2C(=O)N1[C@@H]1CC[C@@]2(O)[C@H]3Cc4ccc(O)c5c4[C@@]2(CCN3CC2CC2)[C@@H]1O5. The number of aliphatic hydroxyl groups is 1. The summed E-state index contributed by atoms with van der Waals surface area (Å²) in [5, 5.41) is 23.9. The molecular weight excluding hydrogens is 515 g/mol. The van der Waals surface area contributed by atoms with Crippen LogP contribution < -0.4 is 4.74 Å². The first-order valence-corrected chi connectivity index (χ1v) is 13.9. The maximum Gasteiger partial charge on any atom is 0.261 e. The fraction of sp³-hybridized carbons (Fsp3) is 0.500. The lowest BCUT2D eigenvalue weighted by Gasteiger charge is -2.64. The van der Waals surface area contributed by atoms with Gasteiger partial charge in [0.15, 0.2) is 11.5 Å². The Bertz CT molecular complexity index is 1380. The highest BCUT2D eigenvalue weighted by Crippen LogP contribution is 2.66. The number of hydrogen-bond donors (Lipinski definition) is 2. The highest BCUT2D eigenvalue weighted by Gasteiger charge is 2.74. The van der Waals surface area contributed by atoms with Crippen molar-refractivity contribution in [3.05, 3.63) is 56.6 Å². The van der Waals surface area contributed by atoms with E-state index in [4.69, 9.17) is 27.9 Å². The molecule has 5 atom stereocenters. The largest absolute Gasteiger partial charge is 0.504 e. The summed E-state index contributed by atoms with van der Waals surface area (Å²) in [6, 6.07) is 5.85. The van der Waals surface area contributed by atoms with Gasteiger partial charge in [-0.2, -0.15) is 0 Å². The lowest BCUT2D eigenvalue weighted by Crippen LogP contribution is -2.78. The number of hydrogen-bond acceptors (Lipinski definition) is 6. The molecule has 2 saturated carbocycles. The second kappa shape index (κ2) is 7.20. The summed E-state index contributed by atoms with van der Waals surface area (Å²) in [7, 11) is 0. The van der Waals surface area contributed by atoms with Crippen LogP contribution in [0.2, 0.25) is 10.0 Å². The zero-order chi connectivity index (χ0) is 25.4. The van der Waals surface area contributed by atoms with Gasteiger partial charge >= 0.3 is 0 Å². The highest BCUT2D eigenvalue weighted by atomic mass is 35.5. The molecule has 2 aromatic rings. The predicted octanol–water partition coefficient (Wildman–Crippen LogP) is 3.93. The molecule has 37 heavy (non-hydrogen) atoms. The zero-order valence-electron chi connectivity index (χ0n) is 20.0. The van der Waals surface area contributed by atoms with Crippen LogP contribution in [0.3, 0.4) is 0 Å². The summed E-state index contributed by atoms with van der Waals surface area (Å²) in [5.41, 5.74) is 0.517. The molecule has 1 saturated heterocycles. The third-order valence-corrected chi connectivity index (χ3v) is 10.7. The van der Waals surface area contributed by atoms with Crippen LogP contribution in [-0.2, 0) is 11.8 Å². The molecule has 1 spiro atoms. The van der Waals surface area contributed by atoms with Gasteiger partial charge in [-0.05, 0) is 74.8 Å². The number of imide groups is 1. The number of rotatable bonds is 3. The van der Waals surface area contributed by atoms with Crippen molar-refractivity contribution in [3.8, 4) is 11.5 Å². The quantitative estimate of drug-likeness (QED) is 0.573. The van der Waals surface area contributed by atoms with Gasteiger partial charge in [0, 0.05) is 18.2 Å². The molecular formula is C28H26Cl2N2O5. The molecule has 0 radical (unpaired) electrons. The van der Waals surface area contributed by atoms with Crippen LogP contribution in [0.4, 0.5) is 0 Å². The number of phenols is 1. The molecule has 2 N–H and O–H groups in total. The van der Waals surface area contributed by atoms with E-state index in [1.807, 2.05) is 6.07 Å². The molecule has 3 fully saturated rings. The maximum atomic E-state index is 13.6. The van der Waals surface area contributed by atoms with Crippen molar-refractivity contribution >= 4 is 35.0 Å². The number of carbonyl (C=O) groups is 2. The van der Waals surface area contributed by atoms with Gasteiger partial charge < -0.3 is 14.9 Å². The lowest BCUT2D eigenvalue weighted by atomic mass is 9.48. The molecule has 6 aliphatic rings. The fourth-order valence-electron chi connectivity index (χ4n) is 8.27. The van der Waals surface area contributed by atoms with Crippen LogP contribution in [0.5, 0.6) is 11.5 Å². The summed E-state index contributed by atoms with van der Waals surface area (Å²) in [4.78, 5) is 31.0. The van der Waals surface area contributed by atoms with Crippen LogP contribution in [0.25, 0.3) is 0 Å². The van der Waals surface area contributed by atoms with Crippen molar-refractivity contribution in [2.45, 2.75) is 67.7 Å². The molecule has 7 nitrogen and oxygen atoms in total. The van der Waals surface area contributed by atoms with E-state index in [0.717, 1.165) is 24.2 Å². The average Bonchev–Trinajstić information content (AvgIpc) is 3.56. The molecule has 0 aromatic heterocycles. The number of aromatic hydroxyl groups is 1. The number of benzene rings is 2.